The highest BCUT2D eigenvalue weighted by Gasteiger charge is 2.34. The predicted octanol–water partition coefficient (Wildman–Crippen LogP) is -9.88. The maximum absolute atomic E-state index is 13.8. The molecule has 0 aromatic heterocycles. The Labute approximate surface area is 366 Å². The van der Waals surface area contributed by atoms with E-state index in [0.717, 1.165) is 0 Å². The van der Waals surface area contributed by atoms with E-state index in [9.17, 15) is 48.8 Å². The molecule has 2 aromatic carbocycles. The molecule has 0 radical (unpaired) electrons. The fourth-order valence-electron chi connectivity index (χ4n) is 4.73. The molecule has 0 heterocycles. The van der Waals surface area contributed by atoms with Gasteiger partial charge in [0.2, 0.25) is 30.6 Å². The molecule has 2 rings (SSSR count). The van der Waals surface area contributed by atoms with Crippen molar-refractivity contribution in [3.8, 4) is 0 Å². The van der Waals surface area contributed by atoms with E-state index in [1.165, 1.54) is 54.6 Å². The zero-order valence-electron chi connectivity index (χ0n) is 33.7. The van der Waals surface area contributed by atoms with Crippen molar-refractivity contribution in [2.75, 3.05) is 6.54 Å². The van der Waals surface area contributed by atoms with E-state index in [1.807, 2.05) is 21.3 Å². The Hall–Kier alpha value is -9.17. The fraction of sp³-hybridized carbons (Fsp3) is 0.242. The van der Waals surface area contributed by atoms with Gasteiger partial charge in [-0.25, -0.2) is 20.0 Å². The second-order valence-electron chi connectivity index (χ2n) is 12.7. The maximum atomic E-state index is 13.8. The van der Waals surface area contributed by atoms with Crippen LogP contribution in [0.4, 0.5) is 5.69 Å². The first kappa shape index (κ1) is 52.0. The van der Waals surface area contributed by atoms with Gasteiger partial charge in [-0.05, 0) is 23.3 Å². The lowest BCUT2D eigenvalue weighted by Gasteiger charge is -2.24. The van der Waals surface area contributed by atoms with Gasteiger partial charge in [-0.2, -0.15) is 0 Å². The minimum absolute atomic E-state index is 0.0916. The molecule has 7 unspecified atom stereocenters. The SMILES string of the molecule is NC(=O)C(N)NC(=O)C(N=C(N)N)NC(=O)C(N=C(N)N)NC(=O)C(N=C(N)N)NC(=O)C(N=C(N)N)NC(=O)C(NC(=O)C(O)NC/C=C\c1ccc([N+](=O)[O-])cc1)c1ccccc1. The first-order valence-electron chi connectivity index (χ1n) is 18.1. The largest absolute Gasteiger partial charge is 0.370 e. The lowest BCUT2D eigenvalue weighted by molar-refractivity contribution is -0.384. The van der Waals surface area contributed by atoms with Gasteiger partial charge in [-0.3, -0.25) is 49.0 Å². The molecule has 32 nitrogen and oxygen atoms in total. The molecule has 0 bridgehead atoms. The van der Waals surface area contributed by atoms with Crippen LogP contribution in [0.3, 0.4) is 0 Å². The molecule has 0 aliphatic carbocycles. The van der Waals surface area contributed by atoms with Crippen LogP contribution in [0.1, 0.15) is 17.2 Å². The van der Waals surface area contributed by atoms with Crippen molar-refractivity contribution >= 4 is 77.0 Å². The van der Waals surface area contributed by atoms with Crippen molar-refractivity contribution in [3.05, 3.63) is 81.9 Å². The molecule has 0 fully saturated rings. The summed E-state index contributed by atoms with van der Waals surface area (Å²) in [6.45, 7) is -0.0916. The number of non-ortho nitro benzene ring substituents is 1. The Morgan fingerprint density at radius 1 is 0.585 bits per heavy atom. The number of nitrogens with zero attached hydrogens (tertiary/aromatic N) is 5. The molecule has 0 saturated carbocycles. The standard InChI is InChI=1S/C33H48N22O10/c34-17(18(35)56)46-24(58)19(51-30(36)37)48-26(60)21(53-32(40)41)50-27(61)22(54-33(42)43)49-25(59)20(52-31(38)39)47-23(57)16(14-6-2-1-3-7-14)45-29(63)28(62)44-12-4-5-13-8-10-15(11-9-13)55(64)65/h1-11,16-17,19-22,28,44,62H,12,34H2,(H2,35,56)(H,45,63)(H,46,58)(H,47,57)(H,48,60)(H,49,59)(H,50,61)(H4,36,37,51)(H4,38,39,52)(H4,40,41,53)(H4,42,43,54)/b5-4-. The van der Waals surface area contributed by atoms with Gasteiger partial charge in [0.1, 0.15) is 6.04 Å². The molecule has 28 N–H and O–H groups in total. The average Bonchev–Trinajstić information content (AvgIpc) is 3.22. The van der Waals surface area contributed by atoms with Crippen LogP contribution in [-0.2, 0) is 33.6 Å². The van der Waals surface area contributed by atoms with E-state index in [4.69, 9.17) is 57.3 Å². The number of aliphatic imine (C=N–C) groups is 4. The fourth-order valence-corrected chi connectivity index (χ4v) is 4.73. The number of hydrogen-bond donors (Lipinski definition) is 18. The first-order valence-corrected chi connectivity index (χ1v) is 18.1. The molecule has 0 saturated heterocycles. The molecule has 65 heavy (non-hydrogen) atoms. The summed E-state index contributed by atoms with van der Waals surface area (Å²) in [7, 11) is 0. The number of nitro groups is 1. The summed E-state index contributed by atoms with van der Waals surface area (Å²) in [5.41, 5.74) is 54.5. The van der Waals surface area contributed by atoms with Gasteiger partial charge in [-0.15, -0.1) is 0 Å². The molecular weight excluding hydrogens is 865 g/mol. The van der Waals surface area contributed by atoms with Gasteiger partial charge < -0.3 is 94.3 Å². The van der Waals surface area contributed by atoms with Crippen molar-refractivity contribution in [1.82, 2.24) is 37.2 Å². The number of primary amides is 1. The van der Waals surface area contributed by atoms with Gasteiger partial charge in [0, 0.05) is 18.7 Å². The summed E-state index contributed by atoms with van der Waals surface area (Å²) >= 11 is 0. The van der Waals surface area contributed by atoms with Crippen molar-refractivity contribution < 1.29 is 43.6 Å². The number of rotatable bonds is 23. The minimum atomic E-state index is -2.20. The number of nitrogens with two attached hydrogens (primary N) is 10. The van der Waals surface area contributed by atoms with Crippen molar-refractivity contribution in [2.45, 2.75) is 43.1 Å². The molecule has 0 aliphatic rings. The Morgan fingerprint density at radius 3 is 1.37 bits per heavy atom. The number of aliphatic hydroxyl groups excluding tert-OH is 1. The topological polar surface area (TPSA) is 577 Å². The van der Waals surface area contributed by atoms with Crippen molar-refractivity contribution in [2.24, 2.45) is 77.3 Å². The van der Waals surface area contributed by atoms with Gasteiger partial charge in [0.25, 0.3) is 41.1 Å². The van der Waals surface area contributed by atoms with Crippen LogP contribution in [0.25, 0.3) is 6.08 Å². The Morgan fingerprint density at radius 2 is 0.985 bits per heavy atom. The number of benzene rings is 2. The number of carbonyl (C=O) groups excluding carboxylic acids is 7. The van der Waals surface area contributed by atoms with E-state index < -0.39 is 113 Å². The van der Waals surface area contributed by atoms with Crippen LogP contribution in [0.15, 0.2) is 80.6 Å². The predicted molar refractivity (Wildman–Crippen MR) is 230 cm³/mol. The van der Waals surface area contributed by atoms with Gasteiger partial charge in [0.15, 0.2) is 36.2 Å². The van der Waals surface area contributed by atoms with Crippen LogP contribution >= 0.6 is 0 Å². The minimum Gasteiger partial charge on any atom is -0.370 e. The molecular formula is C33H48N22O10. The highest BCUT2D eigenvalue weighted by Crippen LogP contribution is 2.15. The van der Waals surface area contributed by atoms with Crippen LogP contribution in [0.5, 0.6) is 0 Å². The summed E-state index contributed by atoms with van der Waals surface area (Å²) in [5, 5.41) is 36.4. The third kappa shape index (κ3) is 18.1. The number of amides is 7. The smallest absolute Gasteiger partial charge is 0.269 e. The normalized spacial score (nSPS) is 13.8. The Kier molecular flexibility index (Phi) is 19.9. The summed E-state index contributed by atoms with van der Waals surface area (Å²) in [4.78, 5) is 116. The average molecular weight is 913 g/mol. The number of nitro benzene ring substituents is 1. The van der Waals surface area contributed by atoms with Crippen LogP contribution in [0.2, 0.25) is 0 Å². The number of aliphatic hydroxyl groups is 1. The number of nitrogens with one attached hydrogen (secondary N) is 7. The second-order valence-corrected chi connectivity index (χ2v) is 12.7. The van der Waals surface area contributed by atoms with Gasteiger partial charge in [-0.1, -0.05) is 42.5 Å². The van der Waals surface area contributed by atoms with E-state index in [1.54, 1.807) is 12.1 Å². The highest BCUT2D eigenvalue weighted by molar-refractivity contribution is 5.99. The summed E-state index contributed by atoms with van der Waals surface area (Å²) < 4.78 is 0. The zero-order valence-corrected chi connectivity index (χ0v) is 33.7. The van der Waals surface area contributed by atoms with E-state index in [-0.39, 0.29) is 17.8 Å². The molecule has 0 aliphatic heterocycles. The van der Waals surface area contributed by atoms with Crippen molar-refractivity contribution in [3.63, 3.8) is 0 Å². The van der Waals surface area contributed by atoms with Crippen LogP contribution in [0, 0.1) is 10.1 Å². The molecule has 0 spiro atoms. The van der Waals surface area contributed by atoms with Crippen LogP contribution in [-0.4, -0.2) is 119 Å². The number of guanidine groups is 4. The lowest BCUT2D eigenvalue weighted by atomic mass is 10.1. The molecule has 7 amide bonds. The Balaban J connectivity index is 2.32. The number of carbonyl (C=O) groups is 7. The first-order chi connectivity index (χ1) is 30.5. The summed E-state index contributed by atoms with van der Waals surface area (Å²) in [6.07, 6.45) is -9.14. The summed E-state index contributed by atoms with van der Waals surface area (Å²) in [6, 6.07) is 11.3. The lowest BCUT2D eigenvalue weighted by Crippen LogP contribution is -2.60. The monoisotopic (exact) mass is 912 g/mol. The van der Waals surface area contributed by atoms with Crippen molar-refractivity contribution in [1.29, 1.82) is 0 Å². The summed E-state index contributed by atoms with van der Waals surface area (Å²) in [5.74, 6) is -12.2. The molecule has 350 valence electrons. The molecule has 32 heteroatoms. The second kappa shape index (κ2) is 24.9. The van der Waals surface area contributed by atoms with Gasteiger partial charge >= 0.3 is 0 Å². The van der Waals surface area contributed by atoms with E-state index in [0.29, 0.717) is 5.56 Å². The van der Waals surface area contributed by atoms with E-state index in [2.05, 4.69) is 35.9 Å². The highest BCUT2D eigenvalue weighted by atomic mass is 16.6. The van der Waals surface area contributed by atoms with E-state index >= 15 is 0 Å². The Bertz CT molecular complexity index is 2200. The molecule has 2 aromatic rings. The quantitative estimate of drug-likeness (QED) is 0.0162. The third-order valence-corrected chi connectivity index (χ3v) is 7.60. The number of hydrogen-bond acceptors (Lipinski definition) is 16. The molecule has 7 atom stereocenters. The van der Waals surface area contributed by atoms with Gasteiger partial charge in [0.05, 0.1) is 4.92 Å². The maximum Gasteiger partial charge on any atom is 0.269 e. The zero-order chi connectivity index (χ0) is 49.0. The third-order valence-electron chi connectivity index (χ3n) is 7.60. The van der Waals surface area contributed by atoms with Crippen LogP contribution < -0.4 is 94.6 Å².